The lowest BCUT2D eigenvalue weighted by Gasteiger charge is -2.44. The van der Waals surface area contributed by atoms with Gasteiger partial charge in [-0.1, -0.05) is 12.0 Å². The molecule has 3 N–H and O–H groups in total. The lowest BCUT2D eigenvalue weighted by atomic mass is 9.94. The third-order valence-corrected chi connectivity index (χ3v) is 6.25. The number of nitrogens with zero attached hydrogens (tertiary/aromatic N) is 5. The van der Waals surface area contributed by atoms with Gasteiger partial charge in [0, 0.05) is 43.9 Å². The highest BCUT2D eigenvalue weighted by atomic mass is 15.2. The van der Waals surface area contributed by atoms with Crippen molar-refractivity contribution in [3.8, 4) is 11.8 Å². The molecule has 0 atom stereocenters. The van der Waals surface area contributed by atoms with Crippen LogP contribution < -0.4 is 11.1 Å². The van der Waals surface area contributed by atoms with Crippen LogP contribution in [0, 0.1) is 17.8 Å². The number of piperidine rings is 1. The molecule has 150 valence electrons. The molecular weight excluding hydrogens is 362 g/mol. The van der Waals surface area contributed by atoms with Gasteiger partial charge in [0.2, 0.25) is 0 Å². The Labute approximate surface area is 171 Å². The number of rotatable bonds is 2. The van der Waals surface area contributed by atoms with Crippen LogP contribution in [0.5, 0.6) is 0 Å². The second-order valence-corrected chi connectivity index (χ2v) is 8.12. The van der Waals surface area contributed by atoms with Crippen molar-refractivity contribution >= 4 is 28.8 Å². The molecule has 5 rings (SSSR count). The predicted octanol–water partition coefficient (Wildman–Crippen LogP) is 1.79. The molecule has 3 aliphatic rings. The monoisotopic (exact) mass is 389 g/mol. The van der Waals surface area contributed by atoms with Crippen LogP contribution in [0.1, 0.15) is 36.9 Å². The average molecular weight is 390 g/mol. The summed E-state index contributed by atoms with van der Waals surface area (Å²) in [6.07, 6.45) is 10.1. The largest absolute Gasteiger partial charge is 0.383 e. The van der Waals surface area contributed by atoms with E-state index in [1.54, 1.807) is 0 Å². The van der Waals surface area contributed by atoms with Gasteiger partial charge in [0.25, 0.3) is 0 Å². The number of nitrogen functional groups attached to an aromatic ring is 1. The summed E-state index contributed by atoms with van der Waals surface area (Å²) in [6, 6.07) is 0.722. The summed E-state index contributed by atoms with van der Waals surface area (Å²) in [7, 11) is 2.00. The van der Waals surface area contributed by atoms with Crippen molar-refractivity contribution in [1.29, 1.82) is 0 Å². The van der Waals surface area contributed by atoms with Crippen molar-refractivity contribution in [1.82, 2.24) is 24.8 Å². The fraction of sp³-hybridized carbons (Fsp3) is 0.500. The van der Waals surface area contributed by atoms with Crippen molar-refractivity contribution in [2.45, 2.75) is 31.7 Å². The quantitative estimate of drug-likeness (QED) is 0.765. The molecule has 0 aliphatic carbocycles. The Kier molecular flexibility index (Phi) is 4.82. The number of aliphatic imine (C=N–C) groups is 1. The van der Waals surface area contributed by atoms with Gasteiger partial charge in [-0.15, -0.1) is 0 Å². The van der Waals surface area contributed by atoms with Crippen LogP contribution in [0.2, 0.25) is 0 Å². The summed E-state index contributed by atoms with van der Waals surface area (Å²) in [5.41, 5.74) is 9.87. The maximum Gasteiger partial charge on any atom is 0.146 e. The van der Waals surface area contributed by atoms with Gasteiger partial charge in [0.05, 0.1) is 11.1 Å². The molecule has 29 heavy (non-hydrogen) atoms. The number of aromatic nitrogens is 3. The van der Waals surface area contributed by atoms with Crippen LogP contribution in [0.25, 0.3) is 16.7 Å². The first-order chi connectivity index (χ1) is 14.2. The first-order valence-electron chi connectivity index (χ1n) is 10.5. The molecule has 7 nitrogen and oxygen atoms in total. The number of allylic oxidation sites excluding steroid dienone is 1. The van der Waals surface area contributed by atoms with E-state index in [0.29, 0.717) is 11.7 Å². The number of nitrogens with one attached hydrogen (secondary N) is 1. The summed E-state index contributed by atoms with van der Waals surface area (Å²) >= 11 is 0. The molecule has 2 aromatic rings. The van der Waals surface area contributed by atoms with Gasteiger partial charge < -0.3 is 15.6 Å². The standard InChI is InChI=1S/C22H27N7/c1-28-18(6-5-15-12-29(13-15)16-7-10-24-11-8-16)19(17-4-2-3-9-25-17)20-21(23)26-14-27-22(20)28/h4,9,14-16,24H,2-3,7-8,10-13H2,1H3,(H2,23,26,27). The van der Waals surface area contributed by atoms with Gasteiger partial charge in [-0.05, 0) is 44.7 Å². The van der Waals surface area contributed by atoms with Crippen molar-refractivity contribution in [3.05, 3.63) is 23.7 Å². The smallest absolute Gasteiger partial charge is 0.146 e. The SMILES string of the molecule is Cn1c(C#CC2CN(C3CCNCC3)C2)c(C2=CCCC=N2)c2c(N)ncnc21. The van der Waals surface area contributed by atoms with E-state index in [9.17, 15) is 0 Å². The second-order valence-electron chi connectivity index (χ2n) is 8.12. The predicted molar refractivity (Wildman–Crippen MR) is 116 cm³/mol. The van der Waals surface area contributed by atoms with Crippen molar-refractivity contribution in [3.63, 3.8) is 0 Å². The topological polar surface area (TPSA) is 84.4 Å². The van der Waals surface area contributed by atoms with Crippen LogP contribution in [0.3, 0.4) is 0 Å². The van der Waals surface area contributed by atoms with Gasteiger partial charge in [-0.3, -0.25) is 9.89 Å². The summed E-state index contributed by atoms with van der Waals surface area (Å²) in [4.78, 5) is 15.9. The zero-order valence-corrected chi connectivity index (χ0v) is 16.9. The Bertz CT molecular complexity index is 1040. The summed E-state index contributed by atoms with van der Waals surface area (Å²) < 4.78 is 2.03. The Morgan fingerprint density at radius 2 is 2.00 bits per heavy atom. The fourth-order valence-electron chi connectivity index (χ4n) is 4.59. The van der Waals surface area contributed by atoms with E-state index in [1.807, 2.05) is 17.8 Å². The van der Waals surface area contributed by atoms with Gasteiger partial charge in [0.1, 0.15) is 23.5 Å². The molecule has 0 aromatic carbocycles. The Balaban J connectivity index is 1.46. The molecule has 0 bridgehead atoms. The molecule has 5 heterocycles. The number of likely N-dealkylation sites (tertiary alicyclic amines) is 1. The van der Waals surface area contributed by atoms with Crippen molar-refractivity contribution in [2.24, 2.45) is 18.0 Å². The lowest BCUT2D eigenvalue weighted by molar-refractivity contribution is 0.0640. The zero-order valence-electron chi connectivity index (χ0n) is 16.9. The van der Waals surface area contributed by atoms with Gasteiger partial charge in [-0.2, -0.15) is 0 Å². The molecule has 0 amide bonds. The van der Waals surface area contributed by atoms with E-state index in [-0.39, 0.29) is 0 Å². The minimum absolute atomic E-state index is 0.419. The van der Waals surface area contributed by atoms with E-state index >= 15 is 0 Å². The highest BCUT2D eigenvalue weighted by molar-refractivity contribution is 6.01. The first kappa shape index (κ1) is 18.3. The van der Waals surface area contributed by atoms with Crippen LogP contribution in [-0.4, -0.2) is 57.9 Å². The minimum atomic E-state index is 0.419. The third-order valence-electron chi connectivity index (χ3n) is 6.25. The van der Waals surface area contributed by atoms with Crippen LogP contribution in [0.15, 0.2) is 17.4 Å². The van der Waals surface area contributed by atoms with Crippen LogP contribution in [0.4, 0.5) is 5.82 Å². The molecule has 3 aliphatic heterocycles. The Morgan fingerprint density at radius 1 is 1.17 bits per heavy atom. The van der Waals surface area contributed by atoms with E-state index in [4.69, 9.17) is 5.73 Å². The van der Waals surface area contributed by atoms with Crippen molar-refractivity contribution < 1.29 is 0 Å². The van der Waals surface area contributed by atoms with Gasteiger partial charge in [0.15, 0.2) is 0 Å². The summed E-state index contributed by atoms with van der Waals surface area (Å²) in [6.45, 7) is 4.41. The van der Waals surface area contributed by atoms with E-state index < -0.39 is 0 Å². The molecule has 2 aromatic heterocycles. The number of anilines is 1. The van der Waals surface area contributed by atoms with Crippen LogP contribution >= 0.6 is 0 Å². The number of hydrogen-bond acceptors (Lipinski definition) is 6. The number of fused-ring (bicyclic) bond motifs is 1. The minimum Gasteiger partial charge on any atom is -0.383 e. The molecular formula is C22H27N7. The van der Waals surface area contributed by atoms with E-state index in [2.05, 4.69) is 43.1 Å². The number of hydrogen-bond donors (Lipinski definition) is 2. The maximum atomic E-state index is 6.24. The van der Waals surface area contributed by atoms with Gasteiger partial charge >= 0.3 is 0 Å². The molecule has 7 heteroatoms. The molecule has 0 unspecified atom stereocenters. The molecule has 0 saturated carbocycles. The average Bonchev–Trinajstić information content (AvgIpc) is 3.02. The normalized spacial score (nSPS) is 20.9. The highest BCUT2D eigenvalue weighted by Crippen LogP contribution is 2.34. The third kappa shape index (κ3) is 3.33. The zero-order chi connectivity index (χ0) is 19.8. The maximum absolute atomic E-state index is 6.24. The number of aryl methyl sites for hydroxylation is 1. The number of nitrogens with two attached hydrogens (primary N) is 1. The summed E-state index contributed by atoms with van der Waals surface area (Å²) in [5.74, 6) is 7.87. The Hall–Kier alpha value is -2.69. The fourth-order valence-corrected chi connectivity index (χ4v) is 4.59. The lowest BCUT2D eigenvalue weighted by Crippen LogP contribution is -2.54. The van der Waals surface area contributed by atoms with Crippen LogP contribution in [-0.2, 0) is 7.05 Å². The van der Waals surface area contributed by atoms with E-state index in [0.717, 1.165) is 73.1 Å². The molecule has 2 saturated heterocycles. The Morgan fingerprint density at radius 3 is 2.76 bits per heavy atom. The van der Waals surface area contributed by atoms with Gasteiger partial charge in [-0.25, -0.2) is 9.97 Å². The van der Waals surface area contributed by atoms with E-state index in [1.165, 1.54) is 19.2 Å². The molecule has 0 spiro atoms. The first-order valence-corrected chi connectivity index (χ1v) is 10.5. The molecule has 2 fully saturated rings. The second kappa shape index (κ2) is 7.62. The highest BCUT2D eigenvalue weighted by Gasteiger charge is 2.32. The summed E-state index contributed by atoms with van der Waals surface area (Å²) in [5, 5.41) is 4.30. The molecule has 0 radical (unpaired) electrons. The van der Waals surface area contributed by atoms with Crippen molar-refractivity contribution in [2.75, 3.05) is 31.9 Å².